The first-order valence-electron chi connectivity index (χ1n) is 14.4. The summed E-state index contributed by atoms with van der Waals surface area (Å²) in [5, 5.41) is 0. The number of hydrogen-bond donors (Lipinski definition) is 0. The van der Waals surface area contributed by atoms with Crippen molar-refractivity contribution < 1.29 is 19.2 Å². The van der Waals surface area contributed by atoms with Crippen LogP contribution in [0.5, 0.6) is 0 Å². The molecule has 5 rings (SSSR count). The highest BCUT2D eigenvalue weighted by atomic mass is 16.2. The minimum atomic E-state index is -1.84. The third-order valence-corrected chi connectivity index (χ3v) is 8.20. The molecule has 0 N–H and O–H groups in total. The molecule has 2 unspecified atom stereocenters. The fourth-order valence-corrected chi connectivity index (χ4v) is 5.71. The number of para-hydroxylation sites is 4. The molecule has 7 nitrogen and oxygen atoms in total. The Bertz CT molecular complexity index is 1640. The lowest BCUT2D eigenvalue weighted by atomic mass is 9.72. The number of fused-ring (bicyclic) bond motifs is 1. The minimum Gasteiger partial charge on any atom is -0.308 e. The van der Waals surface area contributed by atoms with Gasteiger partial charge in [-0.15, -0.1) is 0 Å². The van der Waals surface area contributed by atoms with Crippen LogP contribution < -0.4 is 14.7 Å². The van der Waals surface area contributed by atoms with Gasteiger partial charge in [0.15, 0.2) is 5.78 Å². The van der Waals surface area contributed by atoms with E-state index in [-0.39, 0.29) is 24.3 Å². The molecule has 1 aliphatic rings. The zero-order valence-corrected chi connectivity index (χ0v) is 24.8. The van der Waals surface area contributed by atoms with Crippen LogP contribution in [-0.2, 0) is 14.4 Å². The van der Waals surface area contributed by atoms with Crippen molar-refractivity contribution in [3.05, 3.63) is 121 Å². The lowest BCUT2D eigenvalue weighted by molar-refractivity contribution is -0.141. The van der Waals surface area contributed by atoms with Crippen molar-refractivity contribution in [3.63, 3.8) is 0 Å². The second-order valence-electron chi connectivity index (χ2n) is 11.2. The number of carbonyl (C=O) groups excluding carboxylic acids is 4. The van der Waals surface area contributed by atoms with E-state index >= 15 is 0 Å². The summed E-state index contributed by atoms with van der Waals surface area (Å²) in [5.74, 6) is -2.82. The highest BCUT2D eigenvalue weighted by Gasteiger charge is 2.56. The molecule has 218 valence electrons. The molecule has 43 heavy (non-hydrogen) atoms. The zero-order valence-electron chi connectivity index (χ0n) is 24.8. The smallest absolute Gasteiger partial charge is 0.247 e. The average molecular weight is 574 g/mol. The van der Waals surface area contributed by atoms with Crippen molar-refractivity contribution in [2.24, 2.45) is 11.3 Å². The molecule has 1 aliphatic heterocycles. The molecule has 1 heterocycles. The Hall–Kier alpha value is -5.04. The van der Waals surface area contributed by atoms with Crippen molar-refractivity contribution in [1.82, 2.24) is 0 Å². The third-order valence-electron chi connectivity index (χ3n) is 8.20. The number of anilines is 4. The van der Waals surface area contributed by atoms with Gasteiger partial charge >= 0.3 is 0 Å². The molecule has 4 aromatic carbocycles. The van der Waals surface area contributed by atoms with Crippen molar-refractivity contribution in [3.8, 4) is 0 Å². The second-order valence-corrected chi connectivity index (χ2v) is 11.2. The van der Waals surface area contributed by atoms with Crippen LogP contribution in [0.4, 0.5) is 22.7 Å². The Kier molecular flexibility index (Phi) is 8.26. The van der Waals surface area contributed by atoms with E-state index in [4.69, 9.17) is 0 Å². The Labute approximate surface area is 252 Å². The number of nitrogens with zero attached hydrogens (tertiary/aromatic N) is 3. The molecule has 0 bridgehead atoms. The lowest BCUT2D eigenvalue weighted by Crippen LogP contribution is -2.56. The number of rotatable bonds is 8. The molecule has 4 aromatic rings. The number of Topliss-reactive ketones (excluding diaryl/α,β-unsaturated/α-hetero) is 1. The highest BCUT2D eigenvalue weighted by molar-refractivity contribution is 6.26. The van der Waals surface area contributed by atoms with Crippen LogP contribution in [0.1, 0.15) is 38.1 Å². The summed E-state index contributed by atoms with van der Waals surface area (Å²) in [6, 6.07) is 33.9. The van der Waals surface area contributed by atoms with Gasteiger partial charge in [-0.3, -0.25) is 29.0 Å². The van der Waals surface area contributed by atoms with Crippen LogP contribution in [0, 0.1) is 11.3 Å². The van der Waals surface area contributed by atoms with E-state index in [1.807, 2.05) is 62.4 Å². The van der Waals surface area contributed by atoms with Crippen LogP contribution >= 0.6 is 0 Å². The van der Waals surface area contributed by atoms with E-state index in [0.29, 0.717) is 28.3 Å². The summed E-state index contributed by atoms with van der Waals surface area (Å²) in [5.41, 5.74) is 0.700. The summed E-state index contributed by atoms with van der Waals surface area (Å²) in [6.45, 7) is 6.65. The minimum absolute atomic E-state index is 0.195. The van der Waals surface area contributed by atoms with E-state index in [9.17, 15) is 19.2 Å². The van der Waals surface area contributed by atoms with Gasteiger partial charge in [-0.05, 0) is 57.2 Å². The molecule has 0 spiro atoms. The predicted molar refractivity (Wildman–Crippen MR) is 169 cm³/mol. The molecule has 0 saturated heterocycles. The molecule has 7 heteroatoms. The van der Waals surface area contributed by atoms with Crippen LogP contribution in [0.2, 0.25) is 0 Å². The number of hydrogen-bond acceptors (Lipinski definition) is 4. The van der Waals surface area contributed by atoms with Gasteiger partial charge < -0.3 is 4.90 Å². The molecule has 2 atom stereocenters. The first kappa shape index (κ1) is 29.5. The van der Waals surface area contributed by atoms with E-state index in [0.717, 1.165) is 0 Å². The number of benzene rings is 4. The molecular formula is C36H35N3O4. The van der Waals surface area contributed by atoms with Gasteiger partial charge in [-0.25, -0.2) is 0 Å². The maximum absolute atomic E-state index is 14.8. The summed E-state index contributed by atoms with van der Waals surface area (Å²) in [4.78, 5) is 62.0. The molecule has 0 radical (unpaired) electrons. The number of amides is 3. The van der Waals surface area contributed by atoms with Gasteiger partial charge in [0.05, 0.1) is 11.4 Å². The Morgan fingerprint density at radius 1 is 0.698 bits per heavy atom. The first-order chi connectivity index (χ1) is 20.7. The fourth-order valence-electron chi connectivity index (χ4n) is 5.71. The predicted octanol–water partition coefficient (Wildman–Crippen LogP) is 6.66. The Morgan fingerprint density at radius 2 is 1.21 bits per heavy atom. The van der Waals surface area contributed by atoms with Crippen molar-refractivity contribution in [2.75, 3.05) is 21.2 Å². The fraction of sp³-hybridized carbons (Fsp3) is 0.222. The SMILES string of the molecule is CC(C)N(C(=O)CN1C(=O)C(C)(C(C)C(=O)c2ccccc2)C(=O)N(c2ccccc2)c2ccccc21)c1ccccc1. The van der Waals surface area contributed by atoms with Gasteiger partial charge in [0, 0.05) is 28.9 Å². The van der Waals surface area contributed by atoms with Crippen LogP contribution in [-0.4, -0.2) is 36.1 Å². The molecule has 0 fully saturated rings. The summed E-state index contributed by atoms with van der Waals surface area (Å²) in [7, 11) is 0. The Morgan fingerprint density at radius 3 is 1.79 bits per heavy atom. The van der Waals surface area contributed by atoms with Gasteiger partial charge in [0.2, 0.25) is 17.7 Å². The topological polar surface area (TPSA) is 78.0 Å². The van der Waals surface area contributed by atoms with E-state index in [1.54, 1.807) is 78.6 Å². The average Bonchev–Trinajstić information content (AvgIpc) is 3.10. The zero-order chi connectivity index (χ0) is 30.7. The van der Waals surface area contributed by atoms with Crippen LogP contribution in [0.25, 0.3) is 0 Å². The Balaban J connectivity index is 1.67. The maximum atomic E-state index is 14.8. The van der Waals surface area contributed by atoms with Gasteiger partial charge in [-0.1, -0.05) is 85.8 Å². The number of ketones is 1. The standard InChI is InChI=1S/C36H35N3O4/c1-25(2)38(28-18-10-6-11-19-28)32(40)24-37-30-22-14-15-23-31(30)39(29-20-12-7-13-21-29)35(43)36(4,34(37)42)26(3)33(41)27-16-8-5-9-17-27/h5-23,25-26H,24H2,1-4H3. The maximum Gasteiger partial charge on any atom is 0.247 e. The highest BCUT2D eigenvalue weighted by Crippen LogP contribution is 2.46. The largest absolute Gasteiger partial charge is 0.308 e. The molecular weight excluding hydrogens is 538 g/mol. The molecule has 0 aromatic heterocycles. The molecule has 3 amide bonds. The van der Waals surface area contributed by atoms with Crippen molar-refractivity contribution in [1.29, 1.82) is 0 Å². The first-order valence-corrected chi connectivity index (χ1v) is 14.4. The van der Waals surface area contributed by atoms with E-state index < -0.39 is 23.1 Å². The van der Waals surface area contributed by atoms with Crippen molar-refractivity contribution >= 4 is 46.3 Å². The van der Waals surface area contributed by atoms with E-state index in [1.165, 1.54) is 16.7 Å². The summed E-state index contributed by atoms with van der Waals surface area (Å²) < 4.78 is 0. The monoisotopic (exact) mass is 573 g/mol. The summed E-state index contributed by atoms with van der Waals surface area (Å²) >= 11 is 0. The van der Waals surface area contributed by atoms with Gasteiger partial charge in [0.1, 0.15) is 12.0 Å². The van der Waals surface area contributed by atoms with Gasteiger partial charge in [-0.2, -0.15) is 0 Å². The summed E-state index contributed by atoms with van der Waals surface area (Å²) in [6.07, 6.45) is 0. The third kappa shape index (κ3) is 5.34. The number of carbonyl (C=O) groups is 4. The van der Waals surface area contributed by atoms with Gasteiger partial charge in [0.25, 0.3) is 0 Å². The molecule has 0 aliphatic carbocycles. The van der Waals surface area contributed by atoms with E-state index in [2.05, 4.69) is 0 Å². The normalized spacial score (nSPS) is 17.3. The van der Waals surface area contributed by atoms with Crippen LogP contribution in [0.15, 0.2) is 115 Å². The van der Waals surface area contributed by atoms with Crippen molar-refractivity contribution in [2.45, 2.75) is 33.7 Å². The quantitative estimate of drug-likeness (QED) is 0.174. The second kappa shape index (κ2) is 12.1. The molecule has 0 saturated carbocycles. The van der Waals surface area contributed by atoms with Crippen LogP contribution in [0.3, 0.4) is 0 Å². The lowest BCUT2D eigenvalue weighted by Gasteiger charge is -2.36.